The molecule has 0 aliphatic carbocycles. The van der Waals surface area contributed by atoms with Gasteiger partial charge in [-0.3, -0.25) is 14.6 Å². The monoisotopic (exact) mass is 633 g/mol. The van der Waals surface area contributed by atoms with Gasteiger partial charge in [0.15, 0.2) is 11.8 Å². The fourth-order valence-corrected chi connectivity index (χ4v) is 6.22. The lowest BCUT2D eigenvalue weighted by atomic mass is 9.88. The SMILES string of the molecule is CCCCOC1=NC2N(Cc3ccc(CC4CCN(CCOc5cccc(CC(=O)OC)c5)C(NC)C4)cc3)C(=O)NC2(N)C=N1. The van der Waals surface area contributed by atoms with E-state index in [1.54, 1.807) is 4.90 Å². The minimum atomic E-state index is -1.16. The summed E-state index contributed by atoms with van der Waals surface area (Å²) in [6, 6.07) is 16.1. The van der Waals surface area contributed by atoms with Gasteiger partial charge in [0.25, 0.3) is 0 Å². The van der Waals surface area contributed by atoms with Gasteiger partial charge in [0.1, 0.15) is 12.4 Å². The summed E-state index contributed by atoms with van der Waals surface area (Å²) in [6.45, 7) is 5.36. The van der Waals surface area contributed by atoms with Gasteiger partial charge in [0.05, 0.1) is 32.5 Å². The van der Waals surface area contributed by atoms with Crippen molar-refractivity contribution in [1.29, 1.82) is 0 Å². The number of ether oxygens (including phenoxy) is 3. The van der Waals surface area contributed by atoms with Crippen LogP contribution in [0.15, 0.2) is 58.5 Å². The first-order valence-electron chi connectivity index (χ1n) is 16.2. The summed E-state index contributed by atoms with van der Waals surface area (Å²) < 4.78 is 16.5. The van der Waals surface area contributed by atoms with Crippen molar-refractivity contribution in [1.82, 2.24) is 20.4 Å². The number of aliphatic imine (C=N–C) groups is 2. The Labute approximate surface area is 271 Å². The zero-order valence-electron chi connectivity index (χ0n) is 27.1. The molecule has 3 aliphatic rings. The number of nitrogens with zero attached hydrogens (tertiary/aromatic N) is 4. The number of piperidine rings is 1. The molecule has 5 rings (SSSR count). The van der Waals surface area contributed by atoms with Crippen LogP contribution in [0.5, 0.6) is 5.75 Å². The number of benzene rings is 2. The molecule has 0 spiro atoms. The van der Waals surface area contributed by atoms with Gasteiger partial charge >= 0.3 is 18.0 Å². The summed E-state index contributed by atoms with van der Waals surface area (Å²) in [5.41, 5.74) is 8.44. The van der Waals surface area contributed by atoms with Gasteiger partial charge in [-0.2, -0.15) is 0 Å². The van der Waals surface area contributed by atoms with Crippen LogP contribution in [0.4, 0.5) is 4.79 Å². The summed E-state index contributed by atoms with van der Waals surface area (Å²) >= 11 is 0. The fraction of sp³-hybridized carbons (Fsp3) is 0.529. The molecule has 248 valence electrons. The van der Waals surface area contributed by atoms with Gasteiger partial charge in [-0.1, -0.05) is 49.7 Å². The number of hydrogen-bond donors (Lipinski definition) is 3. The van der Waals surface area contributed by atoms with Gasteiger partial charge in [0, 0.05) is 19.6 Å². The average molecular weight is 634 g/mol. The Morgan fingerprint density at radius 1 is 1.13 bits per heavy atom. The molecular weight excluding hydrogens is 586 g/mol. The molecule has 0 saturated carbocycles. The number of hydrogen-bond acceptors (Lipinski definition) is 10. The molecule has 0 bridgehead atoms. The quantitative estimate of drug-likeness (QED) is 0.213. The summed E-state index contributed by atoms with van der Waals surface area (Å²) in [5.74, 6) is 1.05. The first-order chi connectivity index (χ1) is 22.3. The van der Waals surface area contributed by atoms with Gasteiger partial charge in [-0.05, 0) is 67.5 Å². The summed E-state index contributed by atoms with van der Waals surface area (Å²) in [5, 5.41) is 6.31. The van der Waals surface area contributed by atoms with E-state index >= 15 is 0 Å². The van der Waals surface area contributed by atoms with Crippen LogP contribution in [-0.2, 0) is 33.7 Å². The molecule has 0 radical (unpaired) electrons. The maximum Gasteiger partial charge on any atom is 0.321 e. The molecule has 0 aromatic heterocycles. The maximum absolute atomic E-state index is 12.9. The second-order valence-corrected chi connectivity index (χ2v) is 12.2. The fourth-order valence-electron chi connectivity index (χ4n) is 6.22. The lowest BCUT2D eigenvalue weighted by Gasteiger charge is -2.39. The lowest BCUT2D eigenvalue weighted by Crippen LogP contribution is -2.60. The summed E-state index contributed by atoms with van der Waals surface area (Å²) in [4.78, 5) is 37.3. The number of nitrogens with two attached hydrogens (primary N) is 1. The zero-order chi connectivity index (χ0) is 32.5. The Hall–Kier alpha value is -4.00. The molecule has 12 heteroatoms. The third kappa shape index (κ3) is 8.42. The van der Waals surface area contributed by atoms with Crippen LogP contribution < -0.4 is 21.1 Å². The van der Waals surface area contributed by atoms with E-state index in [0.29, 0.717) is 25.7 Å². The van der Waals surface area contributed by atoms with Crippen molar-refractivity contribution in [2.24, 2.45) is 21.6 Å². The molecule has 4 atom stereocenters. The van der Waals surface area contributed by atoms with E-state index in [0.717, 1.165) is 62.1 Å². The first-order valence-corrected chi connectivity index (χ1v) is 16.2. The standard InChI is InChI=1S/C34H47N7O5/c1-4-5-16-46-32-37-23-34(35)31(38-32)41(33(43)39-34)22-25-11-9-24(10-12-25)18-27-13-14-40(29(20-27)36-2)15-17-45-28-8-6-7-26(19-28)21-30(42)44-3/h6-12,19,23,27,29,31,36H,4-5,13-18,20-22,35H2,1-3H3,(H,39,43). The van der Waals surface area contributed by atoms with Crippen LogP contribution in [0, 0.1) is 5.92 Å². The van der Waals surface area contributed by atoms with Crippen LogP contribution in [0.25, 0.3) is 0 Å². The molecule has 12 nitrogen and oxygen atoms in total. The number of amides is 2. The van der Waals surface area contributed by atoms with Crippen LogP contribution in [0.1, 0.15) is 49.3 Å². The van der Waals surface area contributed by atoms with Crippen molar-refractivity contribution in [3.05, 3.63) is 65.2 Å². The highest BCUT2D eigenvalue weighted by Crippen LogP contribution is 2.28. The highest BCUT2D eigenvalue weighted by atomic mass is 16.5. The number of amidine groups is 1. The molecule has 4 N–H and O–H groups in total. The smallest absolute Gasteiger partial charge is 0.321 e. The van der Waals surface area contributed by atoms with Crippen molar-refractivity contribution in [2.45, 2.75) is 70.0 Å². The van der Waals surface area contributed by atoms with Crippen molar-refractivity contribution in [3.63, 3.8) is 0 Å². The number of urea groups is 1. The Kier molecular flexibility index (Phi) is 11.3. The van der Waals surface area contributed by atoms with Crippen molar-refractivity contribution >= 4 is 24.2 Å². The minimum Gasteiger partial charge on any atom is -0.492 e. The van der Waals surface area contributed by atoms with Gasteiger partial charge in [-0.25, -0.2) is 14.8 Å². The number of carbonyl (C=O) groups excluding carboxylic acids is 2. The summed E-state index contributed by atoms with van der Waals surface area (Å²) in [6.07, 6.45) is 6.46. The molecular formula is C34H47N7O5. The topological polar surface area (TPSA) is 143 Å². The molecule has 2 aromatic rings. The Balaban J connectivity index is 1.10. The molecule has 2 aromatic carbocycles. The van der Waals surface area contributed by atoms with Gasteiger partial charge in [0.2, 0.25) is 0 Å². The van der Waals surface area contributed by atoms with Crippen LogP contribution in [0.3, 0.4) is 0 Å². The number of methoxy groups -OCH3 is 1. The average Bonchev–Trinajstić information content (AvgIpc) is 3.30. The van der Waals surface area contributed by atoms with E-state index in [1.807, 2.05) is 31.3 Å². The van der Waals surface area contributed by atoms with Crippen LogP contribution >= 0.6 is 0 Å². The van der Waals surface area contributed by atoms with Crippen LogP contribution in [0.2, 0.25) is 0 Å². The third-order valence-electron chi connectivity index (χ3n) is 8.83. The second-order valence-electron chi connectivity index (χ2n) is 12.2. The number of likely N-dealkylation sites (tertiary alicyclic amines) is 1. The number of unbranched alkanes of at least 4 members (excludes halogenated alkanes) is 1. The second kappa shape index (κ2) is 15.5. The molecule has 2 saturated heterocycles. The van der Waals surface area contributed by atoms with E-state index in [-0.39, 0.29) is 30.6 Å². The van der Waals surface area contributed by atoms with Crippen molar-refractivity contribution in [3.8, 4) is 5.75 Å². The first kappa shape index (κ1) is 33.4. The summed E-state index contributed by atoms with van der Waals surface area (Å²) in [7, 11) is 3.41. The van der Waals surface area contributed by atoms with E-state index in [1.165, 1.54) is 18.9 Å². The van der Waals surface area contributed by atoms with Gasteiger partial charge in [-0.15, -0.1) is 0 Å². The van der Waals surface area contributed by atoms with Crippen molar-refractivity contribution in [2.75, 3.05) is 40.5 Å². The number of rotatable bonds is 14. The molecule has 3 aliphatic heterocycles. The highest BCUT2D eigenvalue weighted by molar-refractivity contribution is 5.95. The third-order valence-corrected chi connectivity index (χ3v) is 8.83. The van der Waals surface area contributed by atoms with E-state index in [2.05, 4.69) is 56.7 Å². The Bertz CT molecular complexity index is 1400. The highest BCUT2D eigenvalue weighted by Gasteiger charge is 2.50. The van der Waals surface area contributed by atoms with E-state index < -0.39 is 11.8 Å². The lowest BCUT2D eigenvalue weighted by molar-refractivity contribution is -0.139. The number of nitrogens with one attached hydrogen (secondary N) is 2. The molecule has 2 fully saturated rings. The largest absolute Gasteiger partial charge is 0.492 e. The number of fused-ring (bicyclic) bond motifs is 1. The predicted molar refractivity (Wildman–Crippen MR) is 177 cm³/mol. The van der Waals surface area contributed by atoms with Gasteiger partial charge < -0.3 is 30.6 Å². The number of esters is 1. The normalized spacial score (nSPS) is 24.3. The van der Waals surface area contributed by atoms with E-state index in [9.17, 15) is 9.59 Å². The Morgan fingerprint density at radius 2 is 1.93 bits per heavy atom. The van der Waals surface area contributed by atoms with Crippen LogP contribution in [-0.4, -0.2) is 92.5 Å². The molecule has 4 unspecified atom stereocenters. The van der Waals surface area contributed by atoms with Crippen molar-refractivity contribution < 1.29 is 23.8 Å². The molecule has 3 heterocycles. The molecule has 46 heavy (non-hydrogen) atoms. The maximum atomic E-state index is 12.9. The van der Waals surface area contributed by atoms with E-state index in [4.69, 9.17) is 19.9 Å². The zero-order valence-corrected chi connectivity index (χ0v) is 27.1. The number of carbonyl (C=O) groups is 2. The predicted octanol–water partition coefficient (Wildman–Crippen LogP) is 3.04. The Morgan fingerprint density at radius 3 is 2.70 bits per heavy atom. The molecule has 2 amide bonds. The minimum absolute atomic E-state index is 0.234.